The summed E-state index contributed by atoms with van der Waals surface area (Å²) in [7, 11) is 0. The number of benzene rings is 3. The maximum atomic E-state index is 14.2. The molecule has 2 fully saturated rings. The Morgan fingerprint density at radius 1 is 0.938 bits per heavy atom. The summed E-state index contributed by atoms with van der Waals surface area (Å²) in [6.45, 7) is 5.58. The van der Waals surface area contributed by atoms with Crippen molar-refractivity contribution in [3.05, 3.63) is 98.8 Å². The zero-order valence-corrected chi connectivity index (χ0v) is 19.7. The molecule has 0 bridgehead atoms. The zero-order valence-electron chi connectivity index (χ0n) is 18.2. The highest BCUT2D eigenvalue weighted by molar-refractivity contribution is 6.36. The molecule has 0 amide bonds. The van der Waals surface area contributed by atoms with E-state index in [9.17, 15) is 4.39 Å². The van der Waals surface area contributed by atoms with Crippen LogP contribution in [-0.2, 0) is 6.54 Å². The third kappa shape index (κ3) is 4.66. The van der Waals surface area contributed by atoms with Crippen molar-refractivity contribution < 1.29 is 4.39 Å². The molecule has 1 saturated heterocycles. The van der Waals surface area contributed by atoms with Crippen LogP contribution in [0, 0.1) is 12.7 Å². The van der Waals surface area contributed by atoms with Gasteiger partial charge in [-0.15, -0.1) is 0 Å². The topological polar surface area (TPSA) is 6.48 Å². The number of hydrogen-bond acceptors (Lipinski definition) is 2. The Morgan fingerprint density at radius 2 is 1.72 bits per heavy atom. The molecule has 5 heteroatoms. The van der Waals surface area contributed by atoms with Gasteiger partial charge < -0.3 is 4.90 Å². The monoisotopic (exact) mass is 468 g/mol. The molecule has 3 aromatic carbocycles. The number of hydrogen-bond donors (Lipinski definition) is 0. The van der Waals surface area contributed by atoms with Gasteiger partial charge in [0, 0.05) is 31.2 Å². The first kappa shape index (κ1) is 21.8. The van der Waals surface area contributed by atoms with E-state index in [1.807, 2.05) is 24.3 Å². The minimum Gasteiger partial charge on any atom is -0.361 e. The SMILES string of the molecule is Cc1ccc(C2CN(Cc3ccc(F)c(C4CC4)c3)CCN2c2ccc(Cl)cc2Cl)cc1. The Bertz CT molecular complexity index is 1110. The highest BCUT2D eigenvalue weighted by Gasteiger charge is 2.31. The van der Waals surface area contributed by atoms with Crippen LogP contribution < -0.4 is 4.90 Å². The fraction of sp³-hybridized carbons (Fsp3) is 0.333. The van der Waals surface area contributed by atoms with Crippen LogP contribution in [0.25, 0.3) is 0 Å². The third-order valence-electron chi connectivity index (χ3n) is 6.63. The van der Waals surface area contributed by atoms with Crippen molar-refractivity contribution >= 4 is 28.9 Å². The maximum Gasteiger partial charge on any atom is 0.126 e. The zero-order chi connectivity index (χ0) is 22.2. The van der Waals surface area contributed by atoms with Gasteiger partial charge >= 0.3 is 0 Å². The summed E-state index contributed by atoms with van der Waals surface area (Å²) in [5, 5.41) is 1.32. The summed E-state index contributed by atoms with van der Waals surface area (Å²) in [4.78, 5) is 4.86. The molecule has 166 valence electrons. The normalized spacial score (nSPS) is 19.4. The lowest BCUT2D eigenvalue weighted by molar-refractivity contribution is 0.215. The van der Waals surface area contributed by atoms with Crippen molar-refractivity contribution in [2.75, 3.05) is 24.5 Å². The van der Waals surface area contributed by atoms with Crippen molar-refractivity contribution in [3.63, 3.8) is 0 Å². The summed E-state index contributed by atoms with van der Waals surface area (Å²) in [6.07, 6.45) is 2.22. The van der Waals surface area contributed by atoms with Crippen LogP contribution in [0.3, 0.4) is 0 Å². The van der Waals surface area contributed by atoms with Gasteiger partial charge in [0.1, 0.15) is 5.82 Å². The second-order valence-corrected chi connectivity index (χ2v) is 9.92. The molecule has 1 aliphatic carbocycles. The van der Waals surface area contributed by atoms with Crippen molar-refractivity contribution in [2.45, 2.75) is 38.3 Å². The molecule has 1 saturated carbocycles. The van der Waals surface area contributed by atoms with E-state index in [1.165, 1.54) is 16.7 Å². The number of halogens is 3. The first-order valence-electron chi connectivity index (χ1n) is 11.3. The van der Waals surface area contributed by atoms with Crippen molar-refractivity contribution in [2.24, 2.45) is 0 Å². The molecule has 32 heavy (non-hydrogen) atoms. The van der Waals surface area contributed by atoms with Gasteiger partial charge in [-0.3, -0.25) is 4.90 Å². The van der Waals surface area contributed by atoms with Crippen molar-refractivity contribution in [3.8, 4) is 0 Å². The van der Waals surface area contributed by atoms with Gasteiger partial charge in [-0.25, -0.2) is 4.39 Å². The predicted octanol–water partition coefficient (Wildman–Crippen LogP) is 7.38. The number of aryl methyl sites for hydroxylation is 1. The second-order valence-electron chi connectivity index (χ2n) is 9.08. The molecule has 0 N–H and O–H groups in total. The molecule has 5 rings (SSSR count). The number of piperazine rings is 1. The van der Waals surface area contributed by atoms with Crippen LogP contribution in [-0.4, -0.2) is 24.5 Å². The Kier molecular flexibility index (Phi) is 6.16. The first-order valence-corrected chi connectivity index (χ1v) is 12.0. The summed E-state index contributed by atoms with van der Waals surface area (Å²) in [6, 6.07) is 20.3. The van der Waals surface area contributed by atoms with Gasteiger partial charge in [-0.2, -0.15) is 0 Å². The lowest BCUT2D eigenvalue weighted by Crippen LogP contribution is -2.48. The van der Waals surface area contributed by atoms with Gasteiger partial charge in [0.15, 0.2) is 0 Å². The van der Waals surface area contributed by atoms with E-state index in [4.69, 9.17) is 23.2 Å². The third-order valence-corrected chi connectivity index (χ3v) is 7.17. The molecular weight excluding hydrogens is 442 g/mol. The number of nitrogens with zero attached hydrogens (tertiary/aromatic N) is 2. The van der Waals surface area contributed by atoms with Crippen LogP contribution in [0.2, 0.25) is 10.0 Å². The molecule has 0 spiro atoms. The summed E-state index contributed by atoms with van der Waals surface area (Å²) >= 11 is 12.8. The number of rotatable bonds is 5. The van der Waals surface area contributed by atoms with Crippen LogP contribution in [0.1, 0.15) is 47.1 Å². The summed E-state index contributed by atoms with van der Waals surface area (Å²) < 4.78 is 14.2. The molecule has 1 atom stereocenters. The standard InChI is InChI=1S/C27H27Cl2FN2/c1-18-2-5-21(6-3-18)27-17-31(12-13-32(27)26-11-9-22(28)15-24(26)29)16-19-4-10-25(30)23(14-19)20-7-8-20/h2-6,9-11,14-15,20,27H,7-8,12-13,16-17H2,1H3. The molecule has 0 aromatic heterocycles. The molecule has 0 radical (unpaired) electrons. The molecule has 2 nitrogen and oxygen atoms in total. The molecule has 3 aromatic rings. The van der Waals surface area contributed by atoms with E-state index in [2.05, 4.69) is 47.1 Å². The van der Waals surface area contributed by atoms with Crippen LogP contribution in [0.15, 0.2) is 60.7 Å². The van der Waals surface area contributed by atoms with Crippen LogP contribution in [0.5, 0.6) is 0 Å². The fourth-order valence-corrected chi connectivity index (χ4v) is 5.23. The Labute approximate surface area is 199 Å². The second kappa shape index (κ2) is 9.05. The minimum atomic E-state index is -0.0593. The average molecular weight is 469 g/mol. The smallest absolute Gasteiger partial charge is 0.126 e. The largest absolute Gasteiger partial charge is 0.361 e. The number of anilines is 1. The first-order chi connectivity index (χ1) is 15.5. The van der Waals surface area contributed by atoms with E-state index >= 15 is 0 Å². The van der Waals surface area contributed by atoms with Gasteiger partial charge in [0.2, 0.25) is 0 Å². The van der Waals surface area contributed by atoms with Crippen LogP contribution in [0.4, 0.5) is 10.1 Å². The van der Waals surface area contributed by atoms with E-state index in [-0.39, 0.29) is 11.9 Å². The van der Waals surface area contributed by atoms with Gasteiger partial charge in [0.25, 0.3) is 0 Å². The van der Waals surface area contributed by atoms with Gasteiger partial charge in [-0.1, -0.05) is 65.2 Å². The molecule has 2 aliphatic rings. The van der Waals surface area contributed by atoms with Gasteiger partial charge in [0.05, 0.1) is 16.8 Å². The highest BCUT2D eigenvalue weighted by atomic mass is 35.5. The lowest BCUT2D eigenvalue weighted by Gasteiger charge is -2.43. The summed E-state index contributed by atoms with van der Waals surface area (Å²) in [5.41, 5.74) is 5.61. The van der Waals surface area contributed by atoms with E-state index in [0.717, 1.165) is 50.3 Å². The van der Waals surface area contributed by atoms with Crippen molar-refractivity contribution in [1.29, 1.82) is 0 Å². The fourth-order valence-electron chi connectivity index (χ4n) is 4.72. The molecular formula is C27H27Cl2FN2. The van der Waals surface area contributed by atoms with E-state index in [1.54, 1.807) is 6.07 Å². The Hall–Kier alpha value is -2.07. The maximum absolute atomic E-state index is 14.2. The predicted molar refractivity (Wildman–Crippen MR) is 131 cm³/mol. The Morgan fingerprint density at radius 3 is 2.44 bits per heavy atom. The van der Waals surface area contributed by atoms with Crippen LogP contribution >= 0.6 is 23.2 Å². The summed E-state index contributed by atoms with van der Waals surface area (Å²) in [5.74, 6) is 0.357. The minimum absolute atomic E-state index is 0.0593. The van der Waals surface area contributed by atoms with Crippen molar-refractivity contribution in [1.82, 2.24) is 4.90 Å². The van der Waals surface area contributed by atoms with E-state index in [0.29, 0.717) is 16.0 Å². The average Bonchev–Trinajstić information content (AvgIpc) is 3.61. The molecule has 1 heterocycles. The van der Waals surface area contributed by atoms with Gasteiger partial charge in [-0.05, 0) is 66.6 Å². The quantitative estimate of drug-likeness (QED) is 0.385. The Balaban J connectivity index is 1.41. The highest BCUT2D eigenvalue weighted by Crippen LogP contribution is 2.42. The lowest BCUT2D eigenvalue weighted by atomic mass is 9.99. The molecule has 1 unspecified atom stereocenters. The molecule has 1 aliphatic heterocycles. The van der Waals surface area contributed by atoms with E-state index < -0.39 is 0 Å².